The Morgan fingerprint density at radius 3 is 2.25 bits per heavy atom. The van der Waals surface area contributed by atoms with Gasteiger partial charge in [0.1, 0.15) is 0 Å². The average molecular weight is 293 g/mol. The van der Waals surface area contributed by atoms with Gasteiger partial charge in [-0.3, -0.25) is 4.79 Å². The van der Waals surface area contributed by atoms with Gasteiger partial charge < -0.3 is 4.74 Å². The predicted octanol–water partition coefficient (Wildman–Crippen LogP) is 4.46. The number of hydrogen-bond acceptors (Lipinski definition) is 2. The molecule has 0 fully saturated rings. The van der Waals surface area contributed by atoms with Gasteiger partial charge >= 0.3 is 5.97 Å². The van der Waals surface area contributed by atoms with Gasteiger partial charge in [-0.1, -0.05) is 61.4 Å². The van der Waals surface area contributed by atoms with Crippen molar-refractivity contribution in [1.82, 2.24) is 0 Å². The minimum atomic E-state index is -0.0329. The normalized spacial score (nSPS) is 10.4. The second-order valence-electron chi connectivity index (χ2n) is 4.13. The summed E-state index contributed by atoms with van der Waals surface area (Å²) in [5.74, 6) is -0.0329. The second-order valence-corrected chi connectivity index (χ2v) is 4.93. The van der Waals surface area contributed by atoms with Crippen LogP contribution in [0.3, 0.4) is 0 Å². The fraction of sp³-hybridized carbons (Fsp3) is 0.923. The number of carbonyl (C=O) groups is 1. The molecule has 0 bridgehead atoms. The fourth-order valence-electron chi connectivity index (χ4n) is 1.54. The SMILES string of the molecule is CCCCCCCCCC(=O)OCCCBr. The van der Waals surface area contributed by atoms with Crippen molar-refractivity contribution in [2.45, 2.75) is 64.7 Å². The summed E-state index contributed by atoms with van der Waals surface area (Å²) in [6, 6.07) is 0. The Labute approximate surface area is 108 Å². The Bertz CT molecular complexity index is 160. The molecular formula is C13H25BrO2. The number of hydrogen-bond donors (Lipinski definition) is 0. The molecule has 3 heteroatoms. The monoisotopic (exact) mass is 292 g/mol. The first-order valence-corrected chi connectivity index (χ1v) is 7.65. The van der Waals surface area contributed by atoms with E-state index in [9.17, 15) is 4.79 Å². The lowest BCUT2D eigenvalue weighted by Gasteiger charge is -2.03. The van der Waals surface area contributed by atoms with Gasteiger partial charge in [0.05, 0.1) is 6.61 Å². The zero-order chi connectivity index (χ0) is 12.1. The van der Waals surface area contributed by atoms with Crippen molar-refractivity contribution in [3.05, 3.63) is 0 Å². The highest BCUT2D eigenvalue weighted by Gasteiger charge is 2.01. The van der Waals surface area contributed by atoms with Crippen LogP contribution in [-0.4, -0.2) is 17.9 Å². The minimum Gasteiger partial charge on any atom is -0.466 e. The van der Waals surface area contributed by atoms with E-state index in [1.165, 1.54) is 32.1 Å². The van der Waals surface area contributed by atoms with E-state index in [0.717, 1.165) is 24.6 Å². The van der Waals surface area contributed by atoms with E-state index in [1.54, 1.807) is 0 Å². The zero-order valence-corrected chi connectivity index (χ0v) is 12.1. The first kappa shape index (κ1) is 16.0. The molecule has 0 aromatic rings. The number of ether oxygens (including phenoxy) is 1. The summed E-state index contributed by atoms with van der Waals surface area (Å²) < 4.78 is 5.06. The largest absolute Gasteiger partial charge is 0.466 e. The average Bonchev–Trinajstić information content (AvgIpc) is 2.28. The lowest BCUT2D eigenvalue weighted by molar-refractivity contribution is -0.143. The van der Waals surface area contributed by atoms with Crippen LogP contribution in [0.15, 0.2) is 0 Å². The highest BCUT2D eigenvalue weighted by atomic mass is 79.9. The Balaban J connectivity index is 3.09. The van der Waals surface area contributed by atoms with Crippen molar-refractivity contribution >= 4 is 21.9 Å². The highest BCUT2D eigenvalue weighted by molar-refractivity contribution is 9.09. The van der Waals surface area contributed by atoms with Crippen LogP contribution in [0.2, 0.25) is 0 Å². The molecule has 0 rings (SSSR count). The van der Waals surface area contributed by atoms with E-state index >= 15 is 0 Å². The molecule has 0 aliphatic heterocycles. The Hall–Kier alpha value is -0.0500. The maximum atomic E-state index is 11.2. The topological polar surface area (TPSA) is 26.3 Å². The molecule has 0 aliphatic rings. The lowest BCUT2D eigenvalue weighted by atomic mass is 10.1. The summed E-state index contributed by atoms with van der Waals surface area (Å²) in [5, 5.41) is 0.901. The lowest BCUT2D eigenvalue weighted by Crippen LogP contribution is -2.05. The van der Waals surface area contributed by atoms with E-state index in [4.69, 9.17) is 4.74 Å². The Morgan fingerprint density at radius 1 is 1.00 bits per heavy atom. The molecule has 96 valence electrons. The summed E-state index contributed by atoms with van der Waals surface area (Å²) in [6.07, 6.45) is 10.2. The van der Waals surface area contributed by atoms with Crippen LogP contribution < -0.4 is 0 Å². The maximum absolute atomic E-state index is 11.2. The molecule has 0 saturated carbocycles. The van der Waals surface area contributed by atoms with Gasteiger partial charge in [0, 0.05) is 11.8 Å². The maximum Gasteiger partial charge on any atom is 0.305 e. The van der Waals surface area contributed by atoms with Crippen LogP contribution in [0.25, 0.3) is 0 Å². The van der Waals surface area contributed by atoms with Gasteiger partial charge in [-0.2, -0.15) is 0 Å². The zero-order valence-electron chi connectivity index (χ0n) is 10.5. The third-order valence-electron chi connectivity index (χ3n) is 2.53. The van der Waals surface area contributed by atoms with Crippen molar-refractivity contribution in [2.24, 2.45) is 0 Å². The van der Waals surface area contributed by atoms with Gasteiger partial charge in [0.25, 0.3) is 0 Å². The molecule has 2 nitrogen and oxygen atoms in total. The molecule has 16 heavy (non-hydrogen) atoms. The van der Waals surface area contributed by atoms with E-state index in [2.05, 4.69) is 22.9 Å². The first-order chi connectivity index (χ1) is 7.81. The molecule has 0 unspecified atom stereocenters. The summed E-state index contributed by atoms with van der Waals surface area (Å²) in [4.78, 5) is 11.2. The molecular weight excluding hydrogens is 268 g/mol. The van der Waals surface area contributed by atoms with Crippen molar-refractivity contribution in [3.63, 3.8) is 0 Å². The van der Waals surface area contributed by atoms with Crippen LogP contribution in [0.4, 0.5) is 0 Å². The van der Waals surface area contributed by atoms with Gasteiger partial charge in [-0.15, -0.1) is 0 Å². The molecule has 0 aromatic heterocycles. The molecule has 0 saturated heterocycles. The van der Waals surface area contributed by atoms with Crippen molar-refractivity contribution in [3.8, 4) is 0 Å². The van der Waals surface area contributed by atoms with Crippen LogP contribution >= 0.6 is 15.9 Å². The van der Waals surface area contributed by atoms with E-state index in [0.29, 0.717) is 13.0 Å². The molecule has 0 aromatic carbocycles. The fourth-order valence-corrected chi connectivity index (χ4v) is 1.77. The molecule has 0 spiro atoms. The highest BCUT2D eigenvalue weighted by Crippen LogP contribution is 2.08. The number of carbonyl (C=O) groups excluding carboxylic acids is 1. The number of esters is 1. The van der Waals surface area contributed by atoms with E-state index < -0.39 is 0 Å². The smallest absolute Gasteiger partial charge is 0.305 e. The van der Waals surface area contributed by atoms with Crippen LogP contribution in [0.5, 0.6) is 0 Å². The third kappa shape index (κ3) is 12.0. The number of rotatable bonds is 11. The third-order valence-corrected chi connectivity index (χ3v) is 3.09. The summed E-state index contributed by atoms with van der Waals surface area (Å²) in [5.41, 5.74) is 0. The van der Waals surface area contributed by atoms with Crippen LogP contribution in [0, 0.1) is 0 Å². The number of unbranched alkanes of at least 4 members (excludes halogenated alkanes) is 6. The Morgan fingerprint density at radius 2 is 1.62 bits per heavy atom. The standard InChI is InChI=1S/C13H25BrO2/c1-2-3-4-5-6-7-8-10-13(15)16-12-9-11-14/h2-12H2,1H3. The van der Waals surface area contributed by atoms with Crippen LogP contribution in [-0.2, 0) is 9.53 Å². The summed E-state index contributed by atoms with van der Waals surface area (Å²) in [7, 11) is 0. The van der Waals surface area contributed by atoms with Crippen molar-refractivity contribution in [2.75, 3.05) is 11.9 Å². The molecule has 0 N–H and O–H groups in total. The van der Waals surface area contributed by atoms with Gasteiger partial charge in [-0.05, 0) is 12.8 Å². The first-order valence-electron chi connectivity index (χ1n) is 6.52. The van der Waals surface area contributed by atoms with Crippen molar-refractivity contribution in [1.29, 1.82) is 0 Å². The van der Waals surface area contributed by atoms with Crippen LogP contribution in [0.1, 0.15) is 64.7 Å². The number of halogens is 1. The summed E-state index contributed by atoms with van der Waals surface area (Å²) in [6.45, 7) is 2.78. The van der Waals surface area contributed by atoms with Gasteiger partial charge in [0.15, 0.2) is 0 Å². The predicted molar refractivity (Wildman–Crippen MR) is 72.0 cm³/mol. The van der Waals surface area contributed by atoms with Gasteiger partial charge in [0.2, 0.25) is 0 Å². The molecule has 0 atom stereocenters. The van der Waals surface area contributed by atoms with Gasteiger partial charge in [-0.25, -0.2) is 0 Å². The van der Waals surface area contributed by atoms with E-state index in [1.807, 2.05) is 0 Å². The quantitative estimate of drug-likeness (QED) is 0.319. The van der Waals surface area contributed by atoms with Crippen molar-refractivity contribution < 1.29 is 9.53 Å². The van der Waals surface area contributed by atoms with E-state index in [-0.39, 0.29) is 5.97 Å². The number of alkyl halides is 1. The Kier molecular flexibility index (Phi) is 13.0. The molecule has 0 heterocycles. The minimum absolute atomic E-state index is 0.0329. The second kappa shape index (κ2) is 13.0. The summed E-state index contributed by atoms with van der Waals surface area (Å²) >= 11 is 3.30. The molecule has 0 radical (unpaired) electrons. The molecule has 0 aliphatic carbocycles. The molecule has 0 amide bonds.